The average Bonchev–Trinajstić information content (AvgIpc) is 2.92. The zero-order valence-electron chi connectivity index (χ0n) is 24.0. The van der Waals surface area contributed by atoms with Crippen molar-refractivity contribution >= 4 is 23.5 Å². The highest BCUT2D eigenvalue weighted by molar-refractivity contribution is 6.30. The van der Waals surface area contributed by atoms with E-state index in [-0.39, 0.29) is 28.9 Å². The van der Waals surface area contributed by atoms with Crippen LogP contribution in [0.4, 0.5) is 9.18 Å². The largest absolute Gasteiger partial charge is 0.385 e. The van der Waals surface area contributed by atoms with Crippen LogP contribution in [0.1, 0.15) is 83.1 Å². The van der Waals surface area contributed by atoms with Gasteiger partial charge in [-0.25, -0.2) is 9.18 Å². The first-order valence-electron chi connectivity index (χ1n) is 14.7. The monoisotopic (exact) mass is 566 g/mol. The molecular weight excluding hydrogens is 519 g/mol. The van der Waals surface area contributed by atoms with Crippen molar-refractivity contribution < 1.29 is 18.7 Å². The van der Waals surface area contributed by atoms with Crippen molar-refractivity contribution in [2.45, 2.75) is 89.1 Å². The maximum absolute atomic E-state index is 15.6. The number of amides is 3. The molecule has 1 unspecified atom stereocenters. The number of nitrogens with one attached hydrogen (secondary N) is 3. The SMILES string of the molecule is CNCC(CC1CCCCC1)NC(=O)N1CCC[C@@H]([C@@](CCCCOC)(NC(C)=O)c2cccc(Cl)c2F)C1. The van der Waals surface area contributed by atoms with Gasteiger partial charge in [0.25, 0.3) is 0 Å². The molecule has 1 saturated carbocycles. The minimum atomic E-state index is -0.986. The second-order valence-corrected chi connectivity index (χ2v) is 11.8. The van der Waals surface area contributed by atoms with Crippen molar-refractivity contribution in [2.24, 2.45) is 11.8 Å². The third-order valence-electron chi connectivity index (χ3n) is 8.53. The van der Waals surface area contributed by atoms with Gasteiger partial charge in [-0.1, -0.05) is 55.8 Å². The van der Waals surface area contributed by atoms with Crippen LogP contribution in [-0.4, -0.2) is 63.3 Å². The molecule has 0 aromatic heterocycles. The number of carbonyl (C=O) groups is 2. The summed E-state index contributed by atoms with van der Waals surface area (Å²) in [7, 11) is 3.58. The predicted octanol–water partition coefficient (Wildman–Crippen LogP) is 5.61. The lowest BCUT2D eigenvalue weighted by Gasteiger charge is -2.47. The highest BCUT2D eigenvalue weighted by atomic mass is 35.5. The minimum Gasteiger partial charge on any atom is -0.385 e. The van der Waals surface area contributed by atoms with Crippen LogP contribution >= 0.6 is 11.6 Å². The summed E-state index contributed by atoms with van der Waals surface area (Å²) >= 11 is 6.24. The van der Waals surface area contributed by atoms with E-state index >= 15 is 4.39 Å². The topological polar surface area (TPSA) is 82.7 Å². The van der Waals surface area contributed by atoms with Crippen molar-refractivity contribution in [1.82, 2.24) is 20.9 Å². The van der Waals surface area contributed by atoms with E-state index in [1.54, 1.807) is 19.2 Å². The second-order valence-electron chi connectivity index (χ2n) is 11.4. The van der Waals surface area contributed by atoms with E-state index in [2.05, 4.69) is 16.0 Å². The number of urea groups is 1. The smallest absolute Gasteiger partial charge is 0.317 e. The lowest BCUT2D eigenvalue weighted by atomic mass is 9.71. The fraction of sp³-hybridized carbons (Fsp3) is 0.733. The fourth-order valence-corrected chi connectivity index (χ4v) is 6.87. The third kappa shape index (κ3) is 8.79. The summed E-state index contributed by atoms with van der Waals surface area (Å²) in [6, 6.07) is 4.95. The number of likely N-dealkylation sites (N-methyl/N-ethyl adjacent to an activating group) is 1. The molecule has 220 valence electrons. The number of likely N-dealkylation sites (tertiary alicyclic amines) is 1. The lowest BCUT2D eigenvalue weighted by molar-refractivity contribution is -0.122. The summed E-state index contributed by atoms with van der Waals surface area (Å²) in [6.07, 6.45) is 10.9. The quantitative estimate of drug-likeness (QED) is 0.271. The van der Waals surface area contributed by atoms with Crippen LogP contribution in [0.2, 0.25) is 5.02 Å². The molecule has 2 fully saturated rings. The maximum atomic E-state index is 15.6. The van der Waals surface area contributed by atoms with E-state index in [0.717, 1.165) is 38.6 Å². The number of nitrogens with zero attached hydrogens (tertiary/aromatic N) is 1. The van der Waals surface area contributed by atoms with Crippen molar-refractivity contribution in [3.05, 3.63) is 34.6 Å². The number of unbranched alkanes of at least 4 members (excludes halogenated alkanes) is 1. The average molecular weight is 567 g/mol. The Kier molecular flexibility index (Phi) is 12.8. The molecule has 1 aliphatic carbocycles. The Balaban J connectivity index is 1.83. The third-order valence-corrected chi connectivity index (χ3v) is 8.82. The number of rotatable bonds is 13. The summed E-state index contributed by atoms with van der Waals surface area (Å²) in [5.74, 6) is -0.263. The molecule has 0 spiro atoms. The van der Waals surface area contributed by atoms with Crippen molar-refractivity contribution in [1.29, 1.82) is 0 Å². The first-order valence-corrected chi connectivity index (χ1v) is 15.1. The molecule has 3 amide bonds. The molecule has 0 radical (unpaired) electrons. The summed E-state index contributed by atoms with van der Waals surface area (Å²) < 4.78 is 20.8. The van der Waals surface area contributed by atoms with E-state index in [0.29, 0.717) is 37.6 Å². The zero-order chi connectivity index (χ0) is 28.3. The van der Waals surface area contributed by atoms with Gasteiger partial charge in [0.15, 0.2) is 0 Å². The van der Waals surface area contributed by atoms with Crippen LogP contribution in [0.5, 0.6) is 0 Å². The Morgan fingerprint density at radius 1 is 1.18 bits per heavy atom. The van der Waals surface area contributed by atoms with Crippen LogP contribution < -0.4 is 16.0 Å². The number of benzene rings is 1. The van der Waals surface area contributed by atoms with E-state index in [1.807, 2.05) is 11.9 Å². The Morgan fingerprint density at radius 2 is 1.95 bits per heavy atom. The van der Waals surface area contributed by atoms with Gasteiger partial charge in [0.05, 0.1) is 10.6 Å². The molecular formula is C30H48ClFN4O3. The number of piperidine rings is 1. The van der Waals surface area contributed by atoms with Crippen LogP contribution in [0, 0.1) is 17.7 Å². The van der Waals surface area contributed by atoms with Crippen molar-refractivity contribution in [3.8, 4) is 0 Å². The molecule has 9 heteroatoms. The Hall–Kier alpha value is -1.90. The Morgan fingerprint density at radius 3 is 2.64 bits per heavy atom. The molecule has 3 rings (SSSR count). The Bertz CT molecular complexity index is 929. The minimum absolute atomic E-state index is 0.0298. The molecule has 1 aromatic rings. The fourth-order valence-electron chi connectivity index (χ4n) is 6.70. The molecule has 0 bridgehead atoms. The van der Waals surface area contributed by atoms with Gasteiger partial charge in [-0.3, -0.25) is 4.79 Å². The summed E-state index contributed by atoms with van der Waals surface area (Å²) in [4.78, 5) is 28.0. The predicted molar refractivity (Wildman–Crippen MR) is 154 cm³/mol. The van der Waals surface area contributed by atoms with Crippen LogP contribution in [0.25, 0.3) is 0 Å². The lowest BCUT2D eigenvalue weighted by Crippen LogP contribution is -2.58. The standard InChI is InChI=1S/C30H48ClFN4O3/c1-22(37)35-30(16-7-8-18-39-3,26-14-9-15-27(31)28(26)32)24-13-10-17-36(21-24)29(38)34-25(20-33-2)19-23-11-5-4-6-12-23/h9,14-15,23-25,33H,4-8,10-13,16-21H2,1-3H3,(H,34,38)(H,35,37)/t24-,25?,30-/m1/s1. The highest BCUT2D eigenvalue weighted by Gasteiger charge is 2.45. The maximum Gasteiger partial charge on any atom is 0.317 e. The van der Waals surface area contributed by atoms with Gasteiger partial charge in [-0.2, -0.15) is 0 Å². The van der Waals surface area contributed by atoms with Crippen LogP contribution in [-0.2, 0) is 15.1 Å². The Labute approximate surface area is 238 Å². The highest BCUT2D eigenvalue weighted by Crippen LogP contribution is 2.42. The van der Waals surface area contributed by atoms with Gasteiger partial charge < -0.3 is 25.6 Å². The van der Waals surface area contributed by atoms with Gasteiger partial charge >= 0.3 is 6.03 Å². The van der Waals surface area contributed by atoms with E-state index in [1.165, 1.54) is 45.1 Å². The number of methoxy groups -OCH3 is 1. The number of hydrogen-bond donors (Lipinski definition) is 3. The summed E-state index contributed by atoms with van der Waals surface area (Å²) in [6.45, 7) is 3.84. The zero-order valence-corrected chi connectivity index (χ0v) is 24.8. The first-order chi connectivity index (χ1) is 18.8. The van der Waals surface area contributed by atoms with E-state index < -0.39 is 11.4 Å². The first kappa shape index (κ1) is 31.6. The molecule has 1 aliphatic heterocycles. The molecule has 2 aliphatic rings. The van der Waals surface area contributed by atoms with Crippen LogP contribution in [0.15, 0.2) is 18.2 Å². The van der Waals surface area contributed by atoms with Crippen LogP contribution in [0.3, 0.4) is 0 Å². The molecule has 1 heterocycles. The molecule has 3 N–H and O–H groups in total. The number of ether oxygens (including phenoxy) is 1. The molecule has 3 atom stereocenters. The van der Waals surface area contributed by atoms with E-state index in [9.17, 15) is 9.59 Å². The van der Waals surface area contributed by atoms with Gasteiger partial charge in [0.1, 0.15) is 5.82 Å². The van der Waals surface area contributed by atoms with Gasteiger partial charge in [0.2, 0.25) is 5.91 Å². The number of halogens is 2. The van der Waals surface area contributed by atoms with Crippen molar-refractivity contribution in [2.75, 3.05) is 40.4 Å². The normalized spacial score (nSPS) is 20.7. The van der Waals surface area contributed by atoms with Crippen molar-refractivity contribution in [3.63, 3.8) is 0 Å². The molecule has 7 nitrogen and oxygen atoms in total. The van der Waals surface area contributed by atoms with E-state index in [4.69, 9.17) is 16.3 Å². The van der Waals surface area contributed by atoms with Gasteiger partial charge in [-0.15, -0.1) is 0 Å². The molecule has 1 saturated heterocycles. The molecule has 1 aromatic carbocycles. The summed E-state index contributed by atoms with van der Waals surface area (Å²) in [5.41, 5.74) is -0.597. The second kappa shape index (κ2) is 15.8. The number of carbonyl (C=O) groups excluding carboxylic acids is 2. The van der Waals surface area contributed by atoms with Gasteiger partial charge in [-0.05, 0) is 57.6 Å². The summed E-state index contributed by atoms with van der Waals surface area (Å²) in [5, 5.41) is 9.72. The number of hydrogen-bond acceptors (Lipinski definition) is 4. The van der Waals surface area contributed by atoms with Gasteiger partial charge in [0, 0.05) is 57.8 Å². The molecule has 39 heavy (non-hydrogen) atoms.